The topological polar surface area (TPSA) is 27.7 Å². The van der Waals surface area contributed by atoms with Gasteiger partial charge in [0.05, 0.1) is 18.8 Å². The van der Waals surface area contributed by atoms with Gasteiger partial charge in [0.2, 0.25) is 0 Å². The van der Waals surface area contributed by atoms with Gasteiger partial charge in [0.25, 0.3) is 0 Å². The standard InChI is InChI=1S/C12H21O3P/c1-4-7-10-13-16(14-11-8-5-2)15-12-9-6-3/h7-12H,4-6H2,1-3H3/b10-7+,11-8+,12-9+. The van der Waals surface area contributed by atoms with Crippen molar-refractivity contribution in [2.75, 3.05) is 0 Å². The molecular weight excluding hydrogens is 223 g/mol. The van der Waals surface area contributed by atoms with E-state index in [1.165, 1.54) is 0 Å². The Morgan fingerprint density at radius 3 is 1.25 bits per heavy atom. The lowest BCUT2D eigenvalue weighted by Gasteiger charge is -2.10. The molecule has 0 aromatic heterocycles. The minimum Gasteiger partial charge on any atom is -0.417 e. The molecule has 0 aromatic carbocycles. The first-order chi connectivity index (χ1) is 7.85. The molecule has 0 aliphatic rings. The summed E-state index contributed by atoms with van der Waals surface area (Å²) in [7, 11) is -1.36. The maximum atomic E-state index is 5.31. The van der Waals surface area contributed by atoms with E-state index in [1.54, 1.807) is 18.8 Å². The van der Waals surface area contributed by atoms with E-state index in [9.17, 15) is 0 Å². The van der Waals surface area contributed by atoms with Gasteiger partial charge in [-0.05, 0) is 37.5 Å². The Hall–Kier alpha value is -0.950. The van der Waals surface area contributed by atoms with Crippen molar-refractivity contribution in [2.24, 2.45) is 0 Å². The molecule has 0 amide bonds. The summed E-state index contributed by atoms with van der Waals surface area (Å²) in [5, 5.41) is 0. The molecule has 0 aromatic rings. The highest BCUT2D eigenvalue weighted by molar-refractivity contribution is 7.42. The van der Waals surface area contributed by atoms with Gasteiger partial charge in [-0.1, -0.05) is 20.8 Å². The largest absolute Gasteiger partial charge is 0.528 e. The summed E-state index contributed by atoms with van der Waals surface area (Å²) < 4.78 is 15.9. The third kappa shape index (κ3) is 9.60. The summed E-state index contributed by atoms with van der Waals surface area (Å²) >= 11 is 0. The highest BCUT2D eigenvalue weighted by atomic mass is 31.2. The fraction of sp³-hybridized carbons (Fsp3) is 0.500. The van der Waals surface area contributed by atoms with Crippen molar-refractivity contribution in [3.8, 4) is 0 Å². The van der Waals surface area contributed by atoms with Gasteiger partial charge < -0.3 is 13.6 Å². The van der Waals surface area contributed by atoms with Crippen LogP contribution in [0.3, 0.4) is 0 Å². The van der Waals surface area contributed by atoms with Crippen LogP contribution in [0.2, 0.25) is 0 Å². The molecule has 0 N–H and O–H groups in total. The quantitative estimate of drug-likeness (QED) is 0.420. The van der Waals surface area contributed by atoms with Gasteiger partial charge in [0.15, 0.2) is 0 Å². The van der Waals surface area contributed by atoms with Crippen LogP contribution in [0.1, 0.15) is 40.0 Å². The summed E-state index contributed by atoms with van der Waals surface area (Å²) in [5.74, 6) is 0. The second-order valence-corrected chi connectivity index (χ2v) is 3.96. The molecule has 0 atom stereocenters. The van der Waals surface area contributed by atoms with Crippen LogP contribution in [0.15, 0.2) is 37.0 Å². The average Bonchev–Trinajstić information content (AvgIpc) is 2.29. The van der Waals surface area contributed by atoms with Crippen LogP contribution in [0.4, 0.5) is 0 Å². The van der Waals surface area contributed by atoms with Gasteiger partial charge in [0, 0.05) is 0 Å². The first-order valence-corrected chi connectivity index (χ1v) is 6.70. The summed E-state index contributed by atoms with van der Waals surface area (Å²) in [4.78, 5) is 0. The molecule has 92 valence electrons. The Morgan fingerprint density at radius 2 is 1.00 bits per heavy atom. The fourth-order valence-electron chi connectivity index (χ4n) is 0.641. The van der Waals surface area contributed by atoms with Crippen LogP contribution in [-0.4, -0.2) is 0 Å². The van der Waals surface area contributed by atoms with Crippen LogP contribution in [0.25, 0.3) is 0 Å². The summed E-state index contributed by atoms with van der Waals surface area (Å²) in [6, 6.07) is 0. The Labute approximate surface area is 99.8 Å². The van der Waals surface area contributed by atoms with E-state index in [-0.39, 0.29) is 0 Å². The van der Waals surface area contributed by atoms with Crippen molar-refractivity contribution >= 4 is 8.60 Å². The van der Waals surface area contributed by atoms with Gasteiger partial charge >= 0.3 is 8.60 Å². The minimum absolute atomic E-state index is 0.929. The van der Waals surface area contributed by atoms with E-state index in [4.69, 9.17) is 13.6 Å². The molecule has 0 rings (SSSR count). The zero-order valence-electron chi connectivity index (χ0n) is 10.3. The predicted octanol–water partition coefficient (Wildman–Crippen LogP) is 5.03. The third-order valence-corrected chi connectivity index (χ3v) is 2.32. The van der Waals surface area contributed by atoms with E-state index >= 15 is 0 Å². The first kappa shape index (κ1) is 15.0. The summed E-state index contributed by atoms with van der Waals surface area (Å²) in [5.41, 5.74) is 0. The maximum Gasteiger partial charge on any atom is 0.528 e. The molecule has 0 unspecified atom stereocenters. The number of rotatable bonds is 9. The van der Waals surface area contributed by atoms with Gasteiger partial charge in [-0.25, -0.2) is 0 Å². The van der Waals surface area contributed by atoms with Gasteiger partial charge in [0.1, 0.15) is 0 Å². The van der Waals surface area contributed by atoms with Crippen molar-refractivity contribution in [1.29, 1.82) is 0 Å². The SMILES string of the molecule is CC/C=C/OP(O/C=C/CC)O/C=C/CC. The van der Waals surface area contributed by atoms with Gasteiger partial charge in [-0.15, -0.1) is 0 Å². The molecule has 0 heterocycles. The van der Waals surface area contributed by atoms with E-state index < -0.39 is 8.60 Å². The van der Waals surface area contributed by atoms with E-state index in [2.05, 4.69) is 0 Å². The molecule has 0 bridgehead atoms. The molecule has 4 heteroatoms. The van der Waals surface area contributed by atoms with Crippen LogP contribution >= 0.6 is 8.60 Å². The van der Waals surface area contributed by atoms with Crippen molar-refractivity contribution in [3.63, 3.8) is 0 Å². The Morgan fingerprint density at radius 1 is 0.688 bits per heavy atom. The number of allylic oxidation sites excluding steroid dienone is 3. The third-order valence-electron chi connectivity index (χ3n) is 1.44. The monoisotopic (exact) mass is 244 g/mol. The fourth-order valence-corrected chi connectivity index (χ4v) is 1.35. The minimum atomic E-state index is -1.36. The smallest absolute Gasteiger partial charge is 0.417 e. The molecule has 3 nitrogen and oxygen atoms in total. The molecule has 0 radical (unpaired) electrons. The second-order valence-electron chi connectivity index (χ2n) is 2.88. The first-order valence-electron chi connectivity index (χ1n) is 5.60. The van der Waals surface area contributed by atoms with E-state index in [0.29, 0.717) is 0 Å². The lowest BCUT2D eigenvalue weighted by Crippen LogP contribution is -1.82. The van der Waals surface area contributed by atoms with Crippen molar-refractivity contribution in [3.05, 3.63) is 37.0 Å². The van der Waals surface area contributed by atoms with Crippen LogP contribution < -0.4 is 0 Å². The second kappa shape index (κ2) is 12.1. The zero-order valence-corrected chi connectivity index (χ0v) is 11.2. The molecule has 16 heavy (non-hydrogen) atoms. The Kier molecular flexibility index (Phi) is 11.4. The number of hydrogen-bond donors (Lipinski definition) is 0. The van der Waals surface area contributed by atoms with Gasteiger partial charge in [-0.2, -0.15) is 0 Å². The lowest BCUT2D eigenvalue weighted by molar-refractivity contribution is 0.302. The highest BCUT2D eigenvalue weighted by Crippen LogP contribution is 2.40. The molecule has 0 spiro atoms. The Bertz CT molecular complexity index is 186. The van der Waals surface area contributed by atoms with Crippen LogP contribution in [0.5, 0.6) is 0 Å². The maximum absolute atomic E-state index is 5.31. The molecule has 0 fully saturated rings. The van der Waals surface area contributed by atoms with E-state index in [1.807, 2.05) is 39.0 Å². The molecule has 0 saturated heterocycles. The lowest BCUT2D eigenvalue weighted by atomic mass is 10.5. The molecule has 0 aliphatic heterocycles. The predicted molar refractivity (Wildman–Crippen MR) is 68.5 cm³/mol. The summed E-state index contributed by atoms with van der Waals surface area (Å²) in [6.45, 7) is 6.12. The average molecular weight is 244 g/mol. The highest BCUT2D eigenvalue weighted by Gasteiger charge is 2.10. The van der Waals surface area contributed by atoms with Gasteiger partial charge in [-0.3, -0.25) is 0 Å². The normalized spacial score (nSPS) is 12.0. The zero-order chi connectivity index (χ0) is 12.1. The van der Waals surface area contributed by atoms with Crippen molar-refractivity contribution < 1.29 is 13.6 Å². The van der Waals surface area contributed by atoms with E-state index in [0.717, 1.165) is 19.3 Å². The van der Waals surface area contributed by atoms with Crippen molar-refractivity contribution in [2.45, 2.75) is 40.0 Å². The molecule has 0 saturated carbocycles. The van der Waals surface area contributed by atoms with Crippen LogP contribution in [0, 0.1) is 0 Å². The van der Waals surface area contributed by atoms with Crippen molar-refractivity contribution in [1.82, 2.24) is 0 Å². The molecular formula is C12H21O3P. The molecule has 0 aliphatic carbocycles. The Balaban J connectivity index is 3.99. The van der Waals surface area contributed by atoms with Crippen LogP contribution in [-0.2, 0) is 13.6 Å². The summed E-state index contributed by atoms with van der Waals surface area (Å²) in [6.07, 6.45) is 13.4. The number of hydrogen-bond acceptors (Lipinski definition) is 3.